The highest BCUT2D eigenvalue weighted by Crippen LogP contribution is 2.23. The van der Waals surface area contributed by atoms with Gasteiger partial charge in [0.1, 0.15) is 0 Å². The molecule has 0 aromatic heterocycles. The summed E-state index contributed by atoms with van der Waals surface area (Å²) in [5.74, 6) is 0.919. The molecule has 1 heterocycles. The van der Waals surface area contributed by atoms with Gasteiger partial charge in [-0.3, -0.25) is 4.79 Å². The van der Waals surface area contributed by atoms with Gasteiger partial charge in [-0.2, -0.15) is 0 Å². The summed E-state index contributed by atoms with van der Waals surface area (Å²) in [5.41, 5.74) is 0. The van der Waals surface area contributed by atoms with Crippen LogP contribution in [-0.2, 0) is 4.79 Å². The third-order valence-corrected chi connectivity index (χ3v) is 3.49. The fraction of sp³-hybridized carbons (Fsp3) is 0.917. The van der Waals surface area contributed by atoms with E-state index >= 15 is 0 Å². The van der Waals surface area contributed by atoms with Gasteiger partial charge in [0.05, 0.1) is 0 Å². The summed E-state index contributed by atoms with van der Waals surface area (Å²) in [5, 5.41) is 3.38. The van der Waals surface area contributed by atoms with Crippen molar-refractivity contribution in [3.05, 3.63) is 0 Å². The number of carbonyl (C=O) groups excluding carboxylic acids is 1. The van der Waals surface area contributed by atoms with Crippen molar-refractivity contribution in [2.45, 2.75) is 46.1 Å². The predicted molar refractivity (Wildman–Crippen MR) is 62.7 cm³/mol. The molecule has 1 amide bonds. The van der Waals surface area contributed by atoms with Crippen LogP contribution >= 0.6 is 0 Å². The molecule has 1 aliphatic heterocycles. The highest BCUT2D eigenvalue weighted by Gasteiger charge is 2.27. The molecule has 0 spiro atoms. The molecular weight excluding hydrogens is 188 g/mol. The zero-order valence-corrected chi connectivity index (χ0v) is 10.3. The Morgan fingerprint density at radius 2 is 2.00 bits per heavy atom. The van der Waals surface area contributed by atoms with Crippen LogP contribution < -0.4 is 5.32 Å². The van der Waals surface area contributed by atoms with Crippen LogP contribution in [0.4, 0.5) is 0 Å². The van der Waals surface area contributed by atoms with E-state index in [0.29, 0.717) is 12.0 Å². The van der Waals surface area contributed by atoms with Gasteiger partial charge < -0.3 is 10.2 Å². The normalized spacial score (nSPS) is 19.9. The molecule has 0 bridgehead atoms. The molecule has 1 rings (SSSR count). The van der Waals surface area contributed by atoms with Gasteiger partial charge in [0.15, 0.2) is 0 Å². The lowest BCUT2D eigenvalue weighted by atomic mass is 9.87. The molecule has 3 heteroatoms. The van der Waals surface area contributed by atoms with Gasteiger partial charge >= 0.3 is 0 Å². The van der Waals surface area contributed by atoms with Gasteiger partial charge in [0, 0.05) is 19.5 Å². The lowest BCUT2D eigenvalue weighted by molar-refractivity contribution is -0.132. The fourth-order valence-electron chi connectivity index (χ4n) is 2.73. The predicted octanol–water partition coefficient (Wildman–Crippen LogP) is 1.63. The standard InChI is InChI=1S/C12H24N2O/c1-4-12(14(5-2)10(3)15)11-6-8-13-9-7-11/h11-13H,4-9H2,1-3H3. The molecule has 0 saturated carbocycles. The Balaban J connectivity index is 2.62. The van der Waals surface area contributed by atoms with Crippen LogP contribution in [0, 0.1) is 5.92 Å². The third-order valence-electron chi connectivity index (χ3n) is 3.49. The highest BCUT2D eigenvalue weighted by atomic mass is 16.2. The van der Waals surface area contributed by atoms with E-state index in [2.05, 4.69) is 19.2 Å². The van der Waals surface area contributed by atoms with Gasteiger partial charge in [0.2, 0.25) is 5.91 Å². The van der Waals surface area contributed by atoms with Crippen molar-refractivity contribution in [2.75, 3.05) is 19.6 Å². The van der Waals surface area contributed by atoms with Crippen LogP contribution in [-0.4, -0.2) is 36.5 Å². The first kappa shape index (κ1) is 12.5. The van der Waals surface area contributed by atoms with Crippen LogP contribution in [0.25, 0.3) is 0 Å². The fourth-order valence-corrected chi connectivity index (χ4v) is 2.73. The zero-order chi connectivity index (χ0) is 11.3. The van der Waals surface area contributed by atoms with Crippen LogP contribution in [0.15, 0.2) is 0 Å². The Kier molecular flexibility index (Phi) is 5.09. The first-order valence-electron chi connectivity index (χ1n) is 6.18. The van der Waals surface area contributed by atoms with Crippen molar-refractivity contribution in [1.82, 2.24) is 10.2 Å². The summed E-state index contributed by atoms with van der Waals surface area (Å²) in [6.45, 7) is 9.02. The lowest BCUT2D eigenvalue weighted by Crippen LogP contribution is -2.46. The molecule has 15 heavy (non-hydrogen) atoms. The van der Waals surface area contributed by atoms with Crippen LogP contribution in [0.1, 0.15) is 40.0 Å². The molecule has 0 radical (unpaired) electrons. The molecule has 0 aromatic carbocycles. The van der Waals surface area contributed by atoms with Gasteiger partial charge in [-0.1, -0.05) is 6.92 Å². The molecule has 1 aliphatic rings. The monoisotopic (exact) mass is 212 g/mol. The number of amides is 1. The third kappa shape index (κ3) is 3.20. The number of nitrogens with zero attached hydrogens (tertiary/aromatic N) is 1. The SMILES string of the molecule is CCC(C1CCNCC1)N(CC)C(C)=O. The number of hydrogen-bond donors (Lipinski definition) is 1. The lowest BCUT2D eigenvalue weighted by Gasteiger charge is -2.37. The second-order valence-corrected chi connectivity index (χ2v) is 4.37. The van der Waals surface area contributed by atoms with E-state index in [1.54, 1.807) is 6.92 Å². The maximum absolute atomic E-state index is 11.5. The van der Waals surface area contributed by atoms with E-state index in [9.17, 15) is 4.79 Å². The van der Waals surface area contributed by atoms with E-state index < -0.39 is 0 Å². The van der Waals surface area contributed by atoms with Gasteiger partial charge in [0.25, 0.3) is 0 Å². The van der Waals surface area contributed by atoms with Crippen molar-refractivity contribution in [3.8, 4) is 0 Å². The minimum Gasteiger partial charge on any atom is -0.340 e. The summed E-state index contributed by atoms with van der Waals surface area (Å²) >= 11 is 0. The molecule has 0 aliphatic carbocycles. The first-order valence-corrected chi connectivity index (χ1v) is 6.18. The van der Waals surface area contributed by atoms with Crippen LogP contribution in [0.3, 0.4) is 0 Å². The average molecular weight is 212 g/mol. The number of hydrogen-bond acceptors (Lipinski definition) is 2. The molecule has 3 nitrogen and oxygen atoms in total. The second kappa shape index (κ2) is 6.11. The molecule has 1 atom stereocenters. The van der Waals surface area contributed by atoms with E-state index in [1.807, 2.05) is 4.90 Å². The van der Waals surface area contributed by atoms with Crippen molar-refractivity contribution < 1.29 is 4.79 Å². The van der Waals surface area contributed by atoms with Gasteiger partial charge in [-0.15, -0.1) is 0 Å². The number of piperidine rings is 1. The number of carbonyl (C=O) groups is 1. The van der Waals surface area contributed by atoms with Crippen LogP contribution in [0.5, 0.6) is 0 Å². The minimum atomic E-state index is 0.225. The number of nitrogens with one attached hydrogen (secondary N) is 1. The van der Waals surface area contributed by atoms with E-state index in [-0.39, 0.29) is 5.91 Å². The van der Waals surface area contributed by atoms with Crippen molar-refractivity contribution >= 4 is 5.91 Å². The summed E-state index contributed by atoms with van der Waals surface area (Å²) < 4.78 is 0. The molecule has 1 saturated heterocycles. The molecule has 0 aromatic rings. The minimum absolute atomic E-state index is 0.225. The van der Waals surface area contributed by atoms with E-state index in [4.69, 9.17) is 0 Å². The Hall–Kier alpha value is -0.570. The second-order valence-electron chi connectivity index (χ2n) is 4.37. The Labute approximate surface area is 93.2 Å². The van der Waals surface area contributed by atoms with E-state index in [1.165, 1.54) is 12.8 Å². The van der Waals surface area contributed by atoms with E-state index in [0.717, 1.165) is 26.1 Å². The molecule has 1 fully saturated rings. The molecule has 1 unspecified atom stereocenters. The zero-order valence-electron chi connectivity index (χ0n) is 10.3. The van der Waals surface area contributed by atoms with Crippen LogP contribution in [0.2, 0.25) is 0 Å². The smallest absolute Gasteiger partial charge is 0.219 e. The topological polar surface area (TPSA) is 32.3 Å². The maximum atomic E-state index is 11.5. The highest BCUT2D eigenvalue weighted by molar-refractivity contribution is 5.73. The van der Waals surface area contributed by atoms with Crippen molar-refractivity contribution in [1.29, 1.82) is 0 Å². The Bertz CT molecular complexity index is 200. The Morgan fingerprint density at radius 1 is 1.40 bits per heavy atom. The quantitative estimate of drug-likeness (QED) is 0.768. The van der Waals surface area contributed by atoms with Crippen molar-refractivity contribution in [2.24, 2.45) is 5.92 Å². The summed E-state index contributed by atoms with van der Waals surface area (Å²) in [6, 6.07) is 0.453. The molecule has 1 N–H and O–H groups in total. The molecule has 88 valence electrons. The Morgan fingerprint density at radius 3 is 2.40 bits per heavy atom. The van der Waals surface area contributed by atoms with Crippen molar-refractivity contribution in [3.63, 3.8) is 0 Å². The average Bonchev–Trinajstić information content (AvgIpc) is 2.26. The first-order chi connectivity index (χ1) is 7.20. The van der Waals surface area contributed by atoms with Gasteiger partial charge in [-0.05, 0) is 45.2 Å². The maximum Gasteiger partial charge on any atom is 0.219 e. The largest absolute Gasteiger partial charge is 0.340 e. The molecular formula is C12H24N2O. The summed E-state index contributed by atoms with van der Waals surface area (Å²) in [4.78, 5) is 13.6. The number of rotatable bonds is 4. The van der Waals surface area contributed by atoms with Gasteiger partial charge in [-0.25, -0.2) is 0 Å². The summed E-state index contributed by atoms with van der Waals surface area (Å²) in [7, 11) is 0. The summed E-state index contributed by atoms with van der Waals surface area (Å²) in [6.07, 6.45) is 3.50.